The lowest BCUT2D eigenvalue weighted by Crippen LogP contribution is -2.29. The smallest absolute Gasteiger partial charge is 0.314 e. The number of carbonyl (C=O) groups is 1. The second kappa shape index (κ2) is 13.6. The molecule has 0 fully saturated rings. The predicted octanol–water partition coefficient (Wildman–Crippen LogP) is 5.67. The summed E-state index contributed by atoms with van der Waals surface area (Å²) in [5.41, 5.74) is 4.64. The van der Waals surface area contributed by atoms with Crippen molar-refractivity contribution in [2.75, 3.05) is 33.8 Å². The van der Waals surface area contributed by atoms with Gasteiger partial charge >= 0.3 is 5.97 Å². The number of esters is 1. The third kappa shape index (κ3) is 7.80. The molecule has 3 aromatic carbocycles. The molecule has 0 amide bonds. The zero-order valence-corrected chi connectivity index (χ0v) is 24.4. The standard InChI is InChI=1S/C33H39NO7/c1-6-28(24-11-16-29-30(17-24)40-21-39-29)31(22-7-12-26(13-8-22)37-19-25(35)18-34-5)23-9-14-27(15-10-23)38-20-41-32(36)33(2,3)4/h7-17,25,34-35H,6,18-21H2,1-5H3/b31-28+. The second-order valence-corrected chi connectivity index (χ2v) is 10.8. The van der Waals surface area contributed by atoms with Crippen molar-refractivity contribution in [3.63, 3.8) is 0 Å². The SMILES string of the molecule is CC/C(=C(\c1ccc(OCOC(=O)C(C)(C)C)cc1)c1ccc(OCC(O)CNC)cc1)c1ccc2c(c1)OCO2. The highest BCUT2D eigenvalue weighted by Crippen LogP contribution is 2.40. The molecule has 0 aliphatic carbocycles. The van der Waals surface area contributed by atoms with Crippen molar-refractivity contribution in [3.05, 3.63) is 83.4 Å². The van der Waals surface area contributed by atoms with E-state index in [9.17, 15) is 9.90 Å². The van der Waals surface area contributed by atoms with E-state index in [2.05, 4.69) is 12.2 Å². The Kier molecular flexibility index (Phi) is 9.91. The van der Waals surface area contributed by atoms with Crippen LogP contribution >= 0.6 is 0 Å². The van der Waals surface area contributed by atoms with Crippen molar-refractivity contribution in [2.45, 2.75) is 40.2 Å². The van der Waals surface area contributed by atoms with Crippen LogP contribution in [0.4, 0.5) is 0 Å². The van der Waals surface area contributed by atoms with Crippen LogP contribution in [-0.2, 0) is 9.53 Å². The molecule has 1 aliphatic heterocycles. The zero-order valence-electron chi connectivity index (χ0n) is 24.4. The number of carbonyl (C=O) groups excluding carboxylic acids is 1. The minimum absolute atomic E-state index is 0.153. The largest absolute Gasteiger partial charge is 0.491 e. The van der Waals surface area contributed by atoms with E-state index in [1.165, 1.54) is 0 Å². The summed E-state index contributed by atoms with van der Waals surface area (Å²) in [7, 11) is 1.79. The molecule has 0 saturated heterocycles. The van der Waals surface area contributed by atoms with Crippen LogP contribution in [0.3, 0.4) is 0 Å². The Morgan fingerprint density at radius 2 is 1.49 bits per heavy atom. The van der Waals surface area contributed by atoms with Gasteiger partial charge in [-0.2, -0.15) is 0 Å². The number of aliphatic hydroxyl groups is 1. The van der Waals surface area contributed by atoms with Gasteiger partial charge in [-0.15, -0.1) is 0 Å². The fourth-order valence-corrected chi connectivity index (χ4v) is 4.41. The van der Waals surface area contributed by atoms with Crippen molar-refractivity contribution in [1.82, 2.24) is 5.32 Å². The van der Waals surface area contributed by atoms with Gasteiger partial charge in [0.05, 0.1) is 5.41 Å². The first kappa shape index (κ1) is 30.0. The molecule has 0 aromatic heterocycles. The zero-order chi connectivity index (χ0) is 29.4. The summed E-state index contributed by atoms with van der Waals surface area (Å²) < 4.78 is 27.9. The van der Waals surface area contributed by atoms with Crippen LogP contribution in [0.1, 0.15) is 50.8 Å². The van der Waals surface area contributed by atoms with Gasteiger partial charge in [0.1, 0.15) is 24.2 Å². The van der Waals surface area contributed by atoms with Crippen molar-refractivity contribution < 1.29 is 33.6 Å². The molecule has 1 atom stereocenters. The van der Waals surface area contributed by atoms with E-state index in [1.807, 2.05) is 66.7 Å². The molecule has 218 valence electrons. The van der Waals surface area contributed by atoms with Crippen LogP contribution in [0.25, 0.3) is 11.1 Å². The molecule has 1 aliphatic rings. The van der Waals surface area contributed by atoms with Crippen LogP contribution in [0.2, 0.25) is 0 Å². The van der Waals surface area contributed by atoms with Gasteiger partial charge in [-0.3, -0.25) is 4.79 Å². The number of fused-ring (bicyclic) bond motifs is 1. The Balaban J connectivity index is 1.63. The maximum absolute atomic E-state index is 12.0. The van der Waals surface area contributed by atoms with E-state index in [0.717, 1.165) is 45.8 Å². The Hall–Kier alpha value is -4.01. The quantitative estimate of drug-likeness (QED) is 0.166. The summed E-state index contributed by atoms with van der Waals surface area (Å²) in [6.07, 6.45) is 0.176. The summed E-state index contributed by atoms with van der Waals surface area (Å²) in [5, 5.41) is 12.9. The molecule has 4 rings (SSSR count). The molecule has 0 radical (unpaired) electrons. The van der Waals surface area contributed by atoms with Crippen molar-refractivity contribution in [1.29, 1.82) is 0 Å². The fourth-order valence-electron chi connectivity index (χ4n) is 4.41. The summed E-state index contributed by atoms with van der Waals surface area (Å²) >= 11 is 0. The lowest BCUT2D eigenvalue weighted by molar-refractivity contribution is -0.159. The van der Waals surface area contributed by atoms with Gasteiger partial charge < -0.3 is 34.1 Å². The minimum Gasteiger partial charge on any atom is -0.491 e. The van der Waals surface area contributed by atoms with E-state index in [0.29, 0.717) is 18.0 Å². The third-order valence-electron chi connectivity index (χ3n) is 6.57. The number of rotatable bonds is 12. The summed E-state index contributed by atoms with van der Waals surface area (Å²) in [6.45, 7) is 8.25. The lowest BCUT2D eigenvalue weighted by atomic mass is 9.88. The van der Waals surface area contributed by atoms with Gasteiger partial charge in [-0.1, -0.05) is 37.3 Å². The number of likely N-dealkylation sites (N-methyl/N-ethyl adjacent to an activating group) is 1. The van der Waals surface area contributed by atoms with Crippen LogP contribution in [-0.4, -0.2) is 51.0 Å². The topological polar surface area (TPSA) is 95.5 Å². The highest BCUT2D eigenvalue weighted by molar-refractivity contribution is 5.99. The van der Waals surface area contributed by atoms with Gasteiger partial charge in [0.15, 0.2) is 11.5 Å². The Labute approximate surface area is 241 Å². The highest BCUT2D eigenvalue weighted by atomic mass is 16.7. The second-order valence-electron chi connectivity index (χ2n) is 10.8. The van der Waals surface area contributed by atoms with Gasteiger partial charge in [0, 0.05) is 6.54 Å². The van der Waals surface area contributed by atoms with Gasteiger partial charge in [0.25, 0.3) is 0 Å². The number of hydrogen-bond donors (Lipinski definition) is 2. The van der Waals surface area contributed by atoms with Crippen molar-refractivity contribution in [3.8, 4) is 23.0 Å². The number of hydrogen-bond acceptors (Lipinski definition) is 8. The third-order valence-corrected chi connectivity index (χ3v) is 6.57. The number of benzene rings is 3. The van der Waals surface area contributed by atoms with Crippen molar-refractivity contribution >= 4 is 17.1 Å². The summed E-state index contributed by atoms with van der Waals surface area (Å²) in [4.78, 5) is 12.0. The molecule has 1 unspecified atom stereocenters. The van der Waals surface area contributed by atoms with Crippen LogP contribution in [0.5, 0.6) is 23.0 Å². The highest BCUT2D eigenvalue weighted by Gasteiger charge is 2.23. The van der Waals surface area contributed by atoms with E-state index in [4.69, 9.17) is 23.7 Å². The Bertz CT molecular complexity index is 1340. The number of allylic oxidation sites excluding steroid dienone is 1. The van der Waals surface area contributed by atoms with Gasteiger partial charge in [-0.05, 0) is 98.5 Å². The molecule has 0 bridgehead atoms. The van der Waals surface area contributed by atoms with E-state index in [1.54, 1.807) is 27.8 Å². The van der Waals surface area contributed by atoms with Crippen LogP contribution in [0.15, 0.2) is 66.7 Å². The molecule has 2 N–H and O–H groups in total. The monoisotopic (exact) mass is 561 g/mol. The molecule has 8 nitrogen and oxygen atoms in total. The van der Waals surface area contributed by atoms with Crippen LogP contribution in [0, 0.1) is 5.41 Å². The fraction of sp³-hybridized carbons (Fsp3) is 0.364. The first-order valence-corrected chi connectivity index (χ1v) is 13.8. The van der Waals surface area contributed by atoms with Crippen molar-refractivity contribution in [2.24, 2.45) is 5.41 Å². The first-order chi connectivity index (χ1) is 19.7. The molecule has 0 spiro atoms. The first-order valence-electron chi connectivity index (χ1n) is 13.8. The normalized spacial score (nSPS) is 13.8. The predicted molar refractivity (Wildman–Crippen MR) is 158 cm³/mol. The molecule has 0 saturated carbocycles. The number of aliphatic hydroxyl groups excluding tert-OH is 1. The minimum atomic E-state index is -0.592. The summed E-state index contributed by atoms with van der Waals surface area (Å²) in [6, 6.07) is 21.6. The van der Waals surface area contributed by atoms with Gasteiger partial charge in [0.2, 0.25) is 13.6 Å². The number of nitrogens with one attached hydrogen (secondary N) is 1. The van der Waals surface area contributed by atoms with E-state index >= 15 is 0 Å². The summed E-state index contributed by atoms with van der Waals surface area (Å²) in [5.74, 6) is 2.42. The Morgan fingerprint density at radius 3 is 2.07 bits per heavy atom. The van der Waals surface area contributed by atoms with Gasteiger partial charge in [-0.25, -0.2) is 0 Å². The van der Waals surface area contributed by atoms with E-state index in [-0.39, 0.29) is 26.2 Å². The van der Waals surface area contributed by atoms with Crippen LogP contribution < -0.4 is 24.3 Å². The number of ether oxygens (including phenoxy) is 5. The lowest BCUT2D eigenvalue weighted by Gasteiger charge is -2.18. The molecular weight excluding hydrogens is 522 g/mol. The Morgan fingerprint density at radius 1 is 0.902 bits per heavy atom. The molecule has 8 heteroatoms. The average Bonchev–Trinajstić information content (AvgIpc) is 3.43. The molecule has 1 heterocycles. The molecular formula is C33H39NO7. The molecule has 41 heavy (non-hydrogen) atoms. The molecule has 3 aromatic rings. The maximum atomic E-state index is 12.0. The average molecular weight is 562 g/mol. The van der Waals surface area contributed by atoms with E-state index < -0.39 is 11.5 Å². The maximum Gasteiger partial charge on any atom is 0.314 e.